The second kappa shape index (κ2) is 11.0. The molecule has 0 unspecified atom stereocenters. The van der Waals surface area contributed by atoms with Crippen LogP contribution in [-0.4, -0.2) is 37.0 Å². The number of nitrogens with one attached hydrogen (secondary N) is 2. The topological polar surface area (TPSA) is 67.4 Å². The molecule has 2 aromatic rings. The van der Waals surface area contributed by atoms with Crippen molar-refractivity contribution in [3.05, 3.63) is 64.1 Å². The minimum absolute atomic E-state index is 0.194. The number of ether oxygens (including phenoxy) is 1. The van der Waals surface area contributed by atoms with Crippen LogP contribution >= 0.6 is 27.7 Å². The number of amides is 2. The molecule has 1 atom stereocenters. The Balaban J connectivity index is 1.99. The van der Waals surface area contributed by atoms with Crippen molar-refractivity contribution in [1.29, 1.82) is 0 Å². The van der Waals surface area contributed by atoms with Crippen molar-refractivity contribution in [3.63, 3.8) is 0 Å². The van der Waals surface area contributed by atoms with Gasteiger partial charge in [-0.25, -0.2) is 0 Å². The standard InChI is InChI=1S/C20H23BrN2O3S/c1-26-15-9-7-14(8-10-15)13-22-20(25)18(11-12-27-2)23-19(24)16-5-3-4-6-17(16)21/h3-10,18H,11-13H2,1-2H3,(H,22,25)(H,23,24)/t18-/m0/s1. The summed E-state index contributed by atoms with van der Waals surface area (Å²) in [4.78, 5) is 25.2. The summed E-state index contributed by atoms with van der Waals surface area (Å²) in [6, 6.07) is 14.1. The minimum Gasteiger partial charge on any atom is -0.497 e. The molecule has 0 heterocycles. The van der Waals surface area contributed by atoms with Crippen LogP contribution < -0.4 is 15.4 Å². The zero-order valence-electron chi connectivity index (χ0n) is 15.3. The molecule has 0 saturated heterocycles. The van der Waals surface area contributed by atoms with Crippen molar-refractivity contribution in [3.8, 4) is 5.75 Å². The fraction of sp³-hybridized carbons (Fsp3) is 0.300. The SMILES string of the molecule is COc1ccc(CNC(=O)[C@H](CCSC)NC(=O)c2ccccc2Br)cc1. The molecular formula is C20H23BrN2O3S. The van der Waals surface area contributed by atoms with E-state index in [1.54, 1.807) is 37.1 Å². The first-order valence-electron chi connectivity index (χ1n) is 8.50. The summed E-state index contributed by atoms with van der Waals surface area (Å²) in [5, 5.41) is 5.75. The fourth-order valence-electron chi connectivity index (χ4n) is 2.44. The lowest BCUT2D eigenvalue weighted by Crippen LogP contribution is -2.47. The molecule has 2 aromatic carbocycles. The monoisotopic (exact) mass is 450 g/mol. The Hall–Kier alpha value is -1.99. The van der Waals surface area contributed by atoms with E-state index >= 15 is 0 Å². The number of benzene rings is 2. The van der Waals surface area contributed by atoms with Gasteiger partial charge in [-0.15, -0.1) is 0 Å². The number of carbonyl (C=O) groups excluding carboxylic acids is 2. The van der Waals surface area contributed by atoms with E-state index in [2.05, 4.69) is 26.6 Å². The summed E-state index contributed by atoms with van der Waals surface area (Å²) in [5.74, 6) is 1.08. The zero-order valence-corrected chi connectivity index (χ0v) is 17.7. The van der Waals surface area contributed by atoms with Gasteiger partial charge >= 0.3 is 0 Å². The molecule has 0 saturated carbocycles. The Morgan fingerprint density at radius 1 is 1.15 bits per heavy atom. The van der Waals surface area contributed by atoms with Gasteiger partial charge in [-0.2, -0.15) is 11.8 Å². The number of thioether (sulfide) groups is 1. The zero-order chi connectivity index (χ0) is 19.6. The fourth-order valence-corrected chi connectivity index (χ4v) is 3.38. The first-order valence-corrected chi connectivity index (χ1v) is 10.7. The van der Waals surface area contributed by atoms with Crippen molar-refractivity contribution in [1.82, 2.24) is 10.6 Å². The van der Waals surface area contributed by atoms with Gasteiger partial charge in [0.15, 0.2) is 0 Å². The molecule has 0 spiro atoms. The number of methoxy groups -OCH3 is 1. The number of rotatable bonds is 9. The molecule has 0 bridgehead atoms. The van der Waals surface area contributed by atoms with Crippen LogP contribution in [0.3, 0.4) is 0 Å². The van der Waals surface area contributed by atoms with Crippen LogP contribution in [0.4, 0.5) is 0 Å². The molecule has 0 aliphatic rings. The van der Waals surface area contributed by atoms with Crippen LogP contribution in [0.5, 0.6) is 5.75 Å². The molecule has 2 rings (SSSR count). The second-order valence-electron chi connectivity index (χ2n) is 5.85. The van der Waals surface area contributed by atoms with E-state index in [1.807, 2.05) is 36.6 Å². The van der Waals surface area contributed by atoms with Gasteiger partial charge in [0.05, 0.1) is 12.7 Å². The molecule has 27 heavy (non-hydrogen) atoms. The maximum absolute atomic E-state index is 12.6. The Morgan fingerprint density at radius 2 is 1.85 bits per heavy atom. The van der Waals surface area contributed by atoms with Crippen LogP contribution in [0.25, 0.3) is 0 Å². The smallest absolute Gasteiger partial charge is 0.253 e. The van der Waals surface area contributed by atoms with Gasteiger partial charge in [0.1, 0.15) is 11.8 Å². The predicted molar refractivity (Wildman–Crippen MR) is 113 cm³/mol. The van der Waals surface area contributed by atoms with E-state index in [9.17, 15) is 9.59 Å². The number of carbonyl (C=O) groups is 2. The van der Waals surface area contributed by atoms with Gasteiger partial charge in [0, 0.05) is 11.0 Å². The first kappa shape index (κ1) is 21.3. The quantitative estimate of drug-likeness (QED) is 0.611. The lowest BCUT2D eigenvalue weighted by molar-refractivity contribution is -0.123. The van der Waals surface area contributed by atoms with E-state index in [-0.39, 0.29) is 11.8 Å². The molecule has 0 aliphatic heterocycles. The Bertz CT molecular complexity index is 768. The maximum Gasteiger partial charge on any atom is 0.253 e. The molecule has 0 fully saturated rings. The average molecular weight is 451 g/mol. The number of halogens is 1. The molecule has 0 aliphatic carbocycles. The molecule has 144 valence electrons. The maximum atomic E-state index is 12.6. The average Bonchev–Trinajstić information content (AvgIpc) is 2.69. The first-order chi connectivity index (χ1) is 13.0. The van der Waals surface area contributed by atoms with Crippen molar-refractivity contribution in [2.45, 2.75) is 19.0 Å². The lowest BCUT2D eigenvalue weighted by Gasteiger charge is -2.19. The van der Waals surface area contributed by atoms with Gasteiger partial charge in [0.2, 0.25) is 5.91 Å². The predicted octanol–water partition coefficient (Wildman–Crippen LogP) is 3.63. The number of hydrogen-bond donors (Lipinski definition) is 2. The van der Waals surface area contributed by atoms with Crippen molar-refractivity contribution in [2.75, 3.05) is 19.1 Å². The van der Waals surface area contributed by atoms with Gasteiger partial charge in [-0.1, -0.05) is 24.3 Å². The lowest BCUT2D eigenvalue weighted by atomic mass is 10.1. The number of hydrogen-bond acceptors (Lipinski definition) is 4. The Labute approximate surface area is 172 Å². The normalized spacial score (nSPS) is 11.5. The highest BCUT2D eigenvalue weighted by Gasteiger charge is 2.21. The largest absolute Gasteiger partial charge is 0.497 e. The van der Waals surface area contributed by atoms with Crippen LogP contribution in [0.15, 0.2) is 53.0 Å². The van der Waals surface area contributed by atoms with Gasteiger partial charge in [0.25, 0.3) is 5.91 Å². The van der Waals surface area contributed by atoms with E-state index in [1.165, 1.54) is 0 Å². The third-order valence-corrected chi connectivity index (χ3v) is 5.31. The highest BCUT2D eigenvalue weighted by molar-refractivity contribution is 9.10. The van der Waals surface area contributed by atoms with Crippen LogP contribution in [0, 0.1) is 0 Å². The third kappa shape index (κ3) is 6.59. The Kier molecular flexibility index (Phi) is 8.67. The van der Waals surface area contributed by atoms with Crippen LogP contribution in [0.2, 0.25) is 0 Å². The molecule has 7 heteroatoms. The third-order valence-electron chi connectivity index (χ3n) is 3.98. The second-order valence-corrected chi connectivity index (χ2v) is 7.69. The van der Waals surface area contributed by atoms with Gasteiger partial charge in [-0.3, -0.25) is 9.59 Å². The van der Waals surface area contributed by atoms with E-state index in [4.69, 9.17) is 4.74 Å². The van der Waals surface area contributed by atoms with Crippen molar-refractivity contribution < 1.29 is 14.3 Å². The minimum atomic E-state index is -0.588. The highest BCUT2D eigenvalue weighted by atomic mass is 79.9. The summed E-state index contributed by atoms with van der Waals surface area (Å²) in [7, 11) is 1.61. The molecule has 2 N–H and O–H groups in total. The summed E-state index contributed by atoms with van der Waals surface area (Å²) in [5.41, 5.74) is 1.47. The van der Waals surface area contributed by atoms with Gasteiger partial charge in [-0.05, 0) is 64.2 Å². The summed E-state index contributed by atoms with van der Waals surface area (Å²) < 4.78 is 5.83. The highest BCUT2D eigenvalue weighted by Crippen LogP contribution is 2.16. The molecule has 5 nitrogen and oxygen atoms in total. The van der Waals surface area contributed by atoms with E-state index in [0.29, 0.717) is 23.0 Å². The molecular weight excluding hydrogens is 428 g/mol. The van der Waals surface area contributed by atoms with E-state index in [0.717, 1.165) is 17.1 Å². The van der Waals surface area contributed by atoms with Crippen LogP contribution in [0.1, 0.15) is 22.3 Å². The van der Waals surface area contributed by atoms with Crippen molar-refractivity contribution >= 4 is 39.5 Å². The van der Waals surface area contributed by atoms with Gasteiger partial charge < -0.3 is 15.4 Å². The summed E-state index contributed by atoms with van der Waals surface area (Å²) >= 11 is 5.01. The van der Waals surface area contributed by atoms with Crippen LogP contribution in [-0.2, 0) is 11.3 Å². The molecule has 0 aromatic heterocycles. The van der Waals surface area contributed by atoms with E-state index < -0.39 is 6.04 Å². The van der Waals surface area contributed by atoms with Crippen molar-refractivity contribution in [2.24, 2.45) is 0 Å². The Morgan fingerprint density at radius 3 is 2.48 bits per heavy atom. The summed E-state index contributed by atoms with van der Waals surface area (Å²) in [6.07, 6.45) is 2.54. The summed E-state index contributed by atoms with van der Waals surface area (Å²) in [6.45, 7) is 0.392. The molecule has 2 amide bonds. The molecule has 0 radical (unpaired) electrons.